The van der Waals surface area contributed by atoms with E-state index >= 15 is 0 Å². The fourth-order valence-electron chi connectivity index (χ4n) is 1.84. The van der Waals surface area contributed by atoms with Gasteiger partial charge in [-0.3, -0.25) is 19.2 Å². The van der Waals surface area contributed by atoms with Crippen LogP contribution in [0.5, 0.6) is 11.5 Å². The fourth-order valence-corrected chi connectivity index (χ4v) is 2.69. The van der Waals surface area contributed by atoms with Crippen LogP contribution < -0.4 is 20.9 Å². The second kappa shape index (κ2) is 5.86. The first-order valence-corrected chi connectivity index (χ1v) is 7.77. The molecule has 0 spiro atoms. The number of likely N-dealkylation sites (tertiary alicyclic amines) is 1. The van der Waals surface area contributed by atoms with Crippen molar-refractivity contribution in [3.05, 3.63) is 17.7 Å². The first-order chi connectivity index (χ1) is 11.0. The fraction of sp³-hybridized carbons (Fsp3) is 0.182. The Morgan fingerprint density at radius 2 is 1.83 bits per heavy atom. The standard InChI is InChI=1S/C11H13N5O7S/c12-5-3-16(10(5)20)11(21)15-24(22,23)14-6-2-8(18)7(17)1-4(6)9(13)19/h1-2,5,14,17-18H,3,12H2,(H2,13,19)(H,15,21)/t5-/m0/s1. The summed E-state index contributed by atoms with van der Waals surface area (Å²) in [4.78, 5) is 34.8. The lowest BCUT2D eigenvalue weighted by Gasteiger charge is -2.33. The van der Waals surface area contributed by atoms with Crippen LogP contribution in [-0.4, -0.2) is 54.0 Å². The molecule has 13 heteroatoms. The van der Waals surface area contributed by atoms with Crippen molar-refractivity contribution in [1.82, 2.24) is 9.62 Å². The zero-order valence-corrected chi connectivity index (χ0v) is 12.7. The van der Waals surface area contributed by atoms with Crippen molar-refractivity contribution in [1.29, 1.82) is 0 Å². The largest absolute Gasteiger partial charge is 0.504 e. The van der Waals surface area contributed by atoms with E-state index in [1.807, 2.05) is 0 Å². The lowest BCUT2D eigenvalue weighted by molar-refractivity contribution is -0.137. The van der Waals surface area contributed by atoms with Gasteiger partial charge in [-0.05, 0) is 6.07 Å². The summed E-state index contributed by atoms with van der Waals surface area (Å²) in [5.74, 6) is -3.27. The molecule has 0 aliphatic carbocycles. The lowest BCUT2D eigenvalue weighted by Crippen LogP contribution is -2.65. The Balaban J connectivity index is 2.20. The molecule has 130 valence electrons. The maximum absolute atomic E-state index is 11.9. The number of nitrogens with one attached hydrogen (secondary N) is 2. The third-order valence-corrected chi connectivity index (χ3v) is 3.99. The van der Waals surface area contributed by atoms with Crippen LogP contribution in [-0.2, 0) is 15.0 Å². The Morgan fingerprint density at radius 3 is 2.33 bits per heavy atom. The quantitative estimate of drug-likeness (QED) is 0.196. The predicted molar refractivity (Wildman–Crippen MR) is 79.1 cm³/mol. The number of benzene rings is 1. The summed E-state index contributed by atoms with van der Waals surface area (Å²) >= 11 is 0. The molecule has 1 fully saturated rings. The summed E-state index contributed by atoms with van der Waals surface area (Å²) < 4.78 is 27.1. The van der Waals surface area contributed by atoms with Crippen molar-refractivity contribution in [3.63, 3.8) is 0 Å². The maximum atomic E-state index is 11.9. The molecular weight excluding hydrogens is 346 g/mol. The van der Waals surface area contributed by atoms with Gasteiger partial charge in [-0.25, -0.2) is 9.52 Å². The average Bonchev–Trinajstić information content (AvgIpc) is 2.46. The SMILES string of the molecule is NC(=O)c1cc(O)c(O)cc1NS(=O)(=O)NC(=O)N1C[C@H](N)C1=O. The molecule has 1 heterocycles. The van der Waals surface area contributed by atoms with Crippen molar-refractivity contribution in [2.45, 2.75) is 6.04 Å². The van der Waals surface area contributed by atoms with Crippen LogP contribution in [0.4, 0.5) is 10.5 Å². The van der Waals surface area contributed by atoms with Crippen molar-refractivity contribution < 1.29 is 33.0 Å². The van der Waals surface area contributed by atoms with E-state index in [4.69, 9.17) is 11.5 Å². The van der Waals surface area contributed by atoms with Gasteiger partial charge in [0.25, 0.3) is 5.91 Å². The Morgan fingerprint density at radius 1 is 1.25 bits per heavy atom. The molecule has 24 heavy (non-hydrogen) atoms. The lowest BCUT2D eigenvalue weighted by atomic mass is 10.1. The van der Waals surface area contributed by atoms with E-state index in [2.05, 4.69) is 0 Å². The number of β-lactam (4-membered cyclic amide) rings is 1. The van der Waals surface area contributed by atoms with E-state index < -0.39 is 56.8 Å². The molecule has 0 bridgehead atoms. The molecule has 0 aromatic heterocycles. The minimum atomic E-state index is -4.57. The minimum absolute atomic E-state index is 0.146. The first kappa shape index (κ1) is 17.3. The number of anilines is 1. The van der Waals surface area contributed by atoms with Crippen LogP contribution in [0.1, 0.15) is 10.4 Å². The van der Waals surface area contributed by atoms with Crippen LogP contribution in [0, 0.1) is 0 Å². The van der Waals surface area contributed by atoms with E-state index in [1.165, 1.54) is 4.72 Å². The summed E-state index contributed by atoms with van der Waals surface area (Å²) in [6.45, 7) is -0.146. The van der Waals surface area contributed by atoms with E-state index in [1.54, 1.807) is 4.72 Å². The van der Waals surface area contributed by atoms with E-state index in [0.717, 1.165) is 12.1 Å². The first-order valence-electron chi connectivity index (χ1n) is 6.29. The number of amides is 4. The predicted octanol–water partition coefficient (Wildman–Crippen LogP) is -2.27. The number of primary amides is 1. The summed E-state index contributed by atoms with van der Waals surface area (Å²) in [7, 11) is -4.57. The normalized spacial score (nSPS) is 17.1. The molecular formula is C11H13N5O7S. The number of carbonyl (C=O) groups excluding carboxylic acids is 3. The number of phenolic OH excluding ortho intramolecular Hbond substituents is 2. The Bertz CT molecular complexity index is 837. The van der Waals surface area contributed by atoms with Crippen molar-refractivity contribution >= 4 is 33.7 Å². The zero-order chi connectivity index (χ0) is 18.2. The van der Waals surface area contributed by atoms with Crippen molar-refractivity contribution in [2.24, 2.45) is 11.5 Å². The second-order valence-electron chi connectivity index (χ2n) is 4.82. The topological polar surface area (TPSA) is 205 Å². The summed E-state index contributed by atoms with van der Waals surface area (Å²) in [6, 6.07) is -0.640. The van der Waals surface area contributed by atoms with Crippen LogP contribution in [0.3, 0.4) is 0 Å². The van der Waals surface area contributed by atoms with Gasteiger partial charge in [0.05, 0.1) is 17.8 Å². The van der Waals surface area contributed by atoms with Gasteiger partial charge in [-0.1, -0.05) is 0 Å². The molecule has 1 aromatic carbocycles. The van der Waals surface area contributed by atoms with Gasteiger partial charge in [0, 0.05) is 6.07 Å². The van der Waals surface area contributed by atoms with Gasteiger partial charge >= 0.3 is 16.2 Å². The number of nitrogens with two attached hydrogens (primary N) is 2. The number of urea groups is 1. The van der Waals surface area contributed by atoms with E-state index in [9.17, 15) is 33.0 Å². The number of rotatable bonds is 4. The van der Waals surface area contributed by atoms with Gasteiger partial charge in [0.2, 0.25) is 5.91 Å². The minimum Gasteiger partial charge on any atom is -0.504 e. The van der Waals surface area contributed by atoms with Crippen molar-refractivity contribution in [3.8, 4) is 11.5 Å². The Hall–Kier alpha value is -3.06. The number of phenols is 2. The van der Waals surface area contributed by atoms with Crippen LogP contribution in [0.25, 0.3) is 0 Å². The molecule has 1 aromatic rings. The number of hydrogen-bond acceptors (Lipinski definition) is 8. The van der Waals surface area contributed by atoms with Gasteiger partial charge in [0.15, 0.2) is 11.5 Å². The maximum Gasteiger partial charge on any atom is 0.339 e. The molecule has 2 rings (SSSR count). The van der Waals surface area contributed by atoms with Crippen molar-refractivity contribution in [2.75, 3.05) is 11.3 Å². The van der Waals surface area contributed by atoms with Gasteiger partial charge in [-0.15, -0.1) is 0 Å². The highest BCUT2D eigenvalue weighted by Crippen LogP contribution is 2.31. The average molecular weight is 359 g/mol. The second-order valence-corrected chi connectivity index (χ2v) is 6.23. The number of aromatic hydroxyl groups is 2. The number of imide groups is 1. The summed E-state index contributed by atoms with van der Waals surface area (Å²) in [6.07, 6.45) is 0. The highest BCUT2D eigenvalue weighted by Gasteiger charge is 2.39. The molecule has 0 unspecified atom stereocenters. The summed E-state index contributed by atoms with van der Waals surface area (Å²) in [5.41, 5.74) is 9.39. The van der Waals surface area contributed by atoms with E-state index in [0.29, 0.717) is 4.90 Å². The molecule has 1 aliphatic rings. The molecule has 8 N–H and O–H groups in total. The van der Waals surface area contributed by atoms with Gasteiger partial charge in [-0.2, -0.15) is 8.42 Å². The highest BCUT2D eigenvalue weighted by molar-refractivity contribution is 7.91. The number of nitrogens with zero attached hydrogens (tertiary/aromatic N) is 1. The molecule has 1 saturated heterocycles. The number of hydrogen-bond donors (Lipinski definition) is 6. The summed E-state index contributed by atoms with van der Waals surface area (Å²) in [5, 5.41) is 18.7. The third kappa shape index (κ3) is 3.31. The Kier molecular flexibility index (Phi) is 4.22. The van der Waals surface area contributed by atoms with Crippen LogP contribution >= 0.6 is 0 Å². The molecule has 1 atom stereocenters. The van der Waals surface area contributed by atoms with Gasteiger partial charge in [0.1, 0.15) is 6.04 Å². The highest BCUT2D eigenvalue weighted by atomic mass is 32.2. The molecule has 4 amide bonds. The molecule has 0 saturated carbocycles. The molecule has 1 aliphatic heterocycles. The van der Waals surface area contributed by atoms with E-state index in [-0.39, 0.29) is 6.54 Å². The molecule has 12 nitrogen and oxygen atoms in total. The molecule has 0 radical (unpaired) electrons. The monoisotopic (exact) mass is 359 g/mol. The van der Waals surface area contributed by atoms with Crippen LogP contribution in [0.2, 0.25) is 0 Å². The van der Waals surface area contributed by atoms with Crippen LogP contribution in [0.15, 0.2) is 12.1 Å². The Labute approximate surface area is 135 Å². The zero-order valence-electron chi connectivity index (χ0n) is 11.9. The van der Waals surface area contributed by atoms with Gasteiger partial charge < -0.3 is 21.7 Å². The third-order valence-electron chi connectivity index (χ3n) is 3.05. The number of carbonyl (C=O) groups is 3. The smallest absolute Gasteiger partial charge is 0.339 e.